The van der Waals surface area contributed by atoms with Crippen LogP contribution in [0.3, 0.4) is 0 Å². The van der Waals surface area contributed by atoms with Crippen molar-refractivity contribution in [2.75, 3.05) is 5.32 Å². The molecule has 0 spiro atoms. The van der Waals surface area contributed by atoms with Gasteiger partial charge in [-0.25, -0.2) is 4.79 Å². The Labute approximate surface area is 180 Å². The molecule has 2 aromatic rings. The molecule has 0 atom stereocenters. The molecule has 1 saturated carbocycles. The van der Waals surface area contributed by atoms with Crippen LogP contribution in [0, 0.1) is 0 Å². The van der Waals surface area contributed by atoms with Gasteiger partial charge >= 0.3 is 18.0 Å². The zero-order valence-electron chi connectivity index (χ0n) is 17.6. The third kappa shape index (κ3) is 6.53. The summed E-state index contributed by atoms with van der Waals surface area (Å²) in [6, 6.07) is 13.0. The molecular formula is C23H26N2O6. The summed E-state index contributed by atoms with van der Waals surface area (Å²) in [7, 11) is 0. The first-order chi connectivity index (χ1) is 14.8. The van der Waals surface area contributed by atoms with Crippen molar-refractivity contribution in [1.82, 2.24) is 4.98 Å². The predicted molar refractivity (Wildman–Crippen MR) is 112 cm³/mol. The topological polar surface area (TPSA) is 104 Å². The molecule has 31 heavy (non-hydrogen) atoms. The summed E-state index contributed by atoms with van der Waals surface area (Å²) < 4.78 is 15.9. The molecule has 1 fully saturated rings. The number of nitrogens with zero attached hydrogens (tertiary/aromatic N) is 1. The van der Waals surface area contributed by atoms with Gasteiger partial charge in [-0.2, -0.15) is 0 Å². The maximum absolute atomic E-state index is 12.0. The first kappa shape index (κ1) is 22.3. The average Bonchev–Trinajstić information content (AvgIpc) is 2.73. The number of nitrogens with one attached hydrogen (secondary N) is 1. The molecule has 1 aromatic heterocycles. The summed E-state index contributed by atoms with van der Waals surface area (Å²) in [6.07, 6.45) is 3.15. The highest BCUT2D eigenvalue weighted by atomic mass is 16.7. The lowest BCUT2D eigenvalue weighted by molar-refractivity contribution is -0.237. The number of esters is 2. The van der Waals surface area contributed by atoms with Crippen molar-refractivity contribution < 1.29 is 28.6 Å². The Morgan fingerprint density at radius 3 is 2.19 bits per heavy atom. The molecule has 8 heteroatoms. The maximum Gasteiger partial charge on any atom is 0.412 e. The van der Waals surface area contributed by atoms with Gasteiger partial charge in [-0.15, -0.1) is 0 Å². The van der Waals surface area contributed by atoms with Gasteiger partial charge < -0.3 is 14.2 Å². The molecule has 1 aliphatic rings. The van der Waals surface area contributed by atoms with E-state index in [0.717, 1.165) is 11.3 Å². The minimum Gasteiger partial charge on any atom is -0.444 e. The number of pyridine rings is 1. The lowest BCUT2D eigenvalue weighted by atomic mass is 9.83. The fourth-order valence-corrected chi connectivity index (χ4v) is 3.70. The second kappa shape index (κ2) is 10.1. The largest absolute Gasteiger partial charge is 0.444 e. The molecule has 0 unspecified atom stereocenters. The van der Waals surface area contributed by atoms with E-state index in [0.29, 0.717) is 31.4 Å². The number of benzene rings is 1. The Morgan fingerprint density at radius 1 is 1.00 bits per heavy atom. The molecule has 1 aliphatic carbocycles. The van der Waals surface area contributed by atoms with Crippen LogP contribution < -0.4 is 5.32 Å². The quantitative estimate of drug-likeness (QED) is 0.542. The molecule has 1 heterocycles. The van der Waals surface area contributed by atoms with Crippen molar-refractivity contribution in [1.29, 1.82) is 0 Å². The number of rotatable bonds is 6. The van der Waals surface area contributed by atoms with Crippen LogP contribution >= 0.6 is 0 Å². The van der Waals surface area contributed by atoms with E-state index in [1.54, 1.807) is 12.3 Å². The molecule has 0 bridgehead atoms. The van der Waals surface area contributed by atoms with E-state index in [-0.39, 0.29) is 12.5 Å². The number of aromatic nitrogens is 1. The lowest BCUT2D eigenvalue weighted by Gasteiger charge is -2.37. The SMILES string of the molecule is CC(=O)OC1(OC(C)=O)CCC(c2ccc(NC(=O)OCc3ccccc3)cn2)CC1. The fraction of sp³-hybridized carbons (Fsp3) is 0.391. The van der Waals surface area contributed by atoms with Crippen LogP contribution in [-0.2, 0) is 30.4 Å². The zero-order chi connectivity index (χ0) is 22.3. The molecule has 0 aliphatic heterocycles. The molecule has 0 saturated heterocycles. The predicted octanol–water partition coefficient (Wildman–Crippen LogP) is 4.31. The third-order valence-corrected chi connectivity index (χ3v) is 5.07. The van der Waals surface area contributed by atoms with Crippen molar-refractivity contribution in [3.05, 3.63) is 59.9 Å². The highest BCUT2D eigenvalue weighted by Crippen LogP contribution is 2.40. The molecule has 1 N–H and O–H groups in total. The van der Waals surface area contributed by atoms with Gasteiger partial charge in [0.1, 0.15) is 6.61 Å². The Morgan fingerprint density at radius 2 is 1.65 bits per heavy atom. The number of carbonyl (C=O) groups excluding carboxylic acids is 3. The summed E-state index contributed by atoms with van der Waals surface area (Å²) >= 11 is 0. The van der Waals surface area contributed by atoms with Crippen LogP contribution in [0.25, 0.3) is 0 Å². The van der Waals surface area contributed by atoms with E-state index in [1.165, 1.54) is 13.8 Å². The smallest absolute Gasteiger partial charge is 0.412 e. The van der Waals surface area contributed by atoms with Crippen LogP contribution in [0.5, 0.6) is 0 Å². The van der Waals surface area contributed by atoms with Crippen molar-refractivity contribution in [3.63, 3.8) is 0 Å². The standard InChI is InChI=1S/C23H26N2O6/c1-16(26)30-23(31-17(2)27)12-10-19(11-13-23)21-9-8-20(14-24-21)25-22(28)29-15-18-6-4-3-5-7-18/h3-9,14,19H,10-13,15H2,1-2H3,(H,25,28). The van der Waals surface area contributed by atoms with Crippen molar-refractivity contribution in [3.8, 4) is 0 Å². The summed E-state index contributed by atoms with van der Waals surface area (Å²) in [6.45, 7) is 2.79. The summed E-state index contributed by atoms with van der Waals surface area (Å²) in [5.41, 5.74) is 2.30. The number of carbonyl (C=O) groups is 3. The first-order valence-electron chi connectivity index (χ1n) is 10.2. The molecule has 3 rings (SSSR count). The Bertz CT molecular complexity index is 887. The lowest BCUT2D eigenvalue weighted by Crippen LogP contribution is -2.42. The Hall–Kier alpha value is -3.42. The van der Waals surface area contributed by atoms with E-state index in [2.05, 4.69) is 10.3 Å². The van der Waals surface area contributed by atoms with Gasteiger partial charge in [-0.05, 0) is 30.5 Å². The second-order valence-corrected chi connectivity index (χ2v) is 7.53. The van der Waals surface area contributed by atoms with Crippen LogP contribution in [0.2, 0.25) is 0 Å². The maximum atomic E-state index is 12.0. The normalized spacial score (nSPS) is 15.5. The first-order valence-corrected chi connectivity index (χ1v) is 10.2. The van der Waals surface area contributed by atoms with Crippen LogP contribution in [0.4, 0.5) is 10.5 Å². The molecule has 164 valence electrons. The van der Waals surface area contributed by atoms with E-state index >= 15 is 0 Å². The van der Waals surface area contributed by atoms with Gasteiger partial charge in [0.15, 0.2) is 0 Å². The summed E-state index contributed by atoms with van der Waals surface area (Å²) in [4.78, 5) is 39.3. The van der Waals surface area contributed by atoms with Gasteiger partial charge in [0.25, 0.3) is 5.79 Å². The van der Waals surface area contributed by atoms with Gasteiger partial charge in [0.2, 0.25) is 0 Å². The number of hydrogen-bond donors (Lipinski definition) is 1. The van der Waals surface area contributed by atoms with Crippen LogP contribution in [-0.4, -0.2) is 28.8 Å². The van der Waals surface area contributed by atoms with Gasteiger partial charge in [-0.1, -0.05) is 30.3 Å². The van der Waals surface area contributed by atoms with E-state index in [9.17, 15) is 14.4 Å². The van der Waals surface area contributed by atoms with E-state index in [1.807, 2.05) is 36.4 Å². The molecular weight excluding hydrogens is 400 g/mol. The highest BCUT2D eigenvalue weighted by Gasteiger charge is 2.41. The minimum atomic E-state index is -1.20. The monoisotopic (exact) mass is 426 g/mol. The van der Waals surface area contributed by atoms with Gasteiger partial charge in [0.05, 0.1) is 11.9 Å². The highest BCUT2D eigenvalue weighted by molar-refractivity contribution is 5.84. The van der Waals surface area contributed by atoms with Gasteiger partial charge in [-0.3, -0.25) is 19.9 Å². The number of anilines is 1. The summed E-state index contributed by atoms with van der Waals surface area (Å²) in [5.74, 6) is -2.02. The van der Waals surface area contributed by atoms with Crippen molar-refractivity contribution >= 4 is 23.7 Å². The summed E-state index contributed by atoms with van der Waals surface area (Å²) in [5, 5.41) is 2.66. The van der Waals surface area contributed by atoms with E-state index in [4.69, 9.17) is 14.2 Å². The fourth-order valence-electron chi connectivity index (χ4n) is 3.70. The molecule has 0 radical (unpaired) electrons. The van der Waals surface area contributed by atoms with Crippen molar-refractivity contribution in [2.24, 2.45) is 0 Å². The molecule has 1 aromatic carbocycles. The third-order valence-electron chi connectivity index (χ3n) is 5.07. The van der Waals surface area contributed by atoms with Crippen LogP contribution in [0.1, 0.15) is 56.7 Å². The van der Waals surface area contributed by atoms with Gasteiger partial charge in [0, 0.05) is 38.3 Å². The Balaban J connectivity index is 1.52. The number of amides is 1. The molecule has 1 amide bonds. The van der Waals surface area contributed by atoms with E-state index < -0.39 is 23.8 Å². The minimum absolute atomic E-state index is 0.137. The number of ether oxygens (including phenoxy) is 3. The average molecular weight is 426 g/mol. The zero-order valence-corrected chi connectivity index (χ0v) is 17.6. The van der Waals surface area contributed by atoms with Crippen molar-refractivity contribution in [2.45, 2.75) is 57.8 Å². The second-order valence-electron chi connectivity index (χ2n) is 7.53. The Kier molecular flexibility index (Phi) is 7.23. The van der Waals surface area contributed by atoms with Crippen LogP contribution in [0.15, 0.2) is 48.7 Å². The number of hydrogen-bond acceptors (Lipinski definition) is 7. The molecule has 8 nitrogen and oxygen atoms in total.